The molecule has 0 spiro atoms. The molecule has 0 aliphatic carbocycles. The Balaban J connectivity index is 1.64. The third kappa shape index (κ3) is 4.61. The third-order valence-corrected chi connectivity index (χ3v) is 6.03. The SMILES string of the molecule is COc1cc(NC(=O)Cn2nc(N3CCSCC3)c3ccccc3c2=O)cc(OC)c1. The Morgan fingerprint density at radius 1 is 1.06 bits per heavy atom. The van der Waals surface area contributed by atoms with Crippen LogP contribution in [0.1, 0.15) is 0 Å². The summed E-state index contributed by atoms with van der Waals surface area (Å²) < 4.78 is 11.7. The number of ether oxygens (including phenoxy) is 2. The molecule has 1 aliphatic heterocycles. The summed E-state index contributed by atoms with van der Waals surface area (Å²) in [7, 11) is 3.08. The van der Waals surface area contributed by atoms with Gasteiger partial charge in [-0.25, -0.2) is 4.68 Å². The Morgan fingerprint density at radius 3 is 2.35 bits per heavy atom. The Morgan fingerprint density at radius 2 is 1.71 bits per heavy atom. The van der Waals surface area contributed by atoms with Crippen LogP contribution < -0.4 is 25.2 Å². The smallest absolute Gasteiger partial charge is 0.275 e. The second-order valence-corrected chi connectivity index (χ2v) is 8.31. The summed E-state index contributed by atoms with van der Waals surface area (Å²) in [5, 5.41) is 8.75. The molecule has 0 saturated carbocycles. The number of thioether (sulfide) groups is 1. The number of benzene rings is 2. The highest BCUT2D eigenvalue weighted by Crippen LogP contribution is 2.26. The zero-order chi connectivity index (χ0) is 21.8. The Labute approximate surface area is 184 Å². The van der Waals surface area contributed by atoms with E-state index < -0.39 is 0 Å². The van der Waals surface area contributed by atoms with Crippen molar-refractivity contribution in [1.29, 1.82) is 0 Å². The number of fused-ring (bicyclic) bond motifs is 1. The fourth-order valence-electron chi connectivity index (χ4n) is 3.55. The molecule has 162 valence electrons. The summed E-state index contributed by atoms with van der Waals surface area (Å²) >= 11 is 1.90. The summed E-state index contributed by atoms with van der Waals surface area (Å²) in [5.41, 5.74) is 0.229. The number of amides is 1. The first kappa shape index (κ1) is 21.0. The van der Waals surface area contributed by atoms with Gasteiger partial charge in [0.15, 0.2) is 5.82 Å². The van der Waals surface area contributed by atoms with Gasteiger partial charge in [0.1, 0.15) is 18.0 Å². The number of hydrogen-bond acceptors (Lipinski definition) is 7. The maximum Gasteiger partial charge on any atom is 0.275 e. The summed E-state index contributed by atoms with van der Waals surface area (Å²) in [4.78, 5) is 27.9. The van der Waals surface area contributed by atoms with Gasteiger partial charge in [-0.2, -0.15) is 16.9 Å². The fraction of sp³-hybridized carbons (Fsp3) is 0.318. The first-order chi connectivity index (χ1) is 15.1. The predicted octanol–water partition coefficient (Wildman–Crippen LogP) is 2.61. The van der Waals surface area contributed by atoms with Crippen LogP contribution in [0.15, 0.2) is 47.3 Å². The van der Waals surface area contributed by atoms with Gasteiger partial charge in [0.25, 0.3) is 5.56 Å². The molecule has 1 fully saturated rings. The second-order valence-electron chi connectivity index (χ2n) is 7.08. The first-order valence-corrected chi connectivity index (χ1v) is 11.1. The molecule has 1 amide bonds. The number of nitrogens with zero attached hydrogens (tertiary/aromatic N) is 3. The second kappa shape index (κ2) is 9.30. The maximum atomic E-state index is 13.0. The standard InChI is InChI=1S/C22H24N4O4S/c1-29-16-11-15(12-17(13-16)30-2)23-20(27)14-26-22(28)19-6-4-3-5-18(19)21(24-26)25-7-9-31-10-8-25/h3-6,11-13H,7-10,14H2,1-2H3,(H,23,27). The summed E-state index contributed by atoms with van der Waals surface area (Å²) in [6.07, 6.45) is 0. The molecule has 2 heterocycles. The van der Waals surface area contributed by atoms with Crippen LogP contribution in [-0.2, 0) is 11.3 Å². The van der Waals surface area contributed by atoms with Gasteiger partial charge in [-0.05, 0) is 6.07 Å². The number of hydrogen-bond donors (Lipinski definition) is 1. The van der Waals surface area contributed by atoms with E-state index in [1.54, 1.807) is 38.5 Å². The molecule has 8 nitrogen and oxygen atoms in total. The average Bonchev–Trinajstić information content (AvgIpc) is 2.81. The number of anilines is 2. The van der Waals surface area contributed by atoms with Crippen LogP contribution in [0.4, 0.5) is 11.5 Å². The average molecular weight is 441 g/mol. The highest BCUT2D eigenvalue weighted by molar-refractivity contribution is 7.99. The molecule has 1 aliphatic rings. The Hall–Kier alpha value is -3.20. The largest absolute Gasteiger partial charge is 0.497 e. The minimum absolute atomic E-state index is 0.196. The molecule has 3 aromatic rings. The van der Waals surface area contributed by atoms with Crippen molar-refractivity contribution >= 4 is 39.9 Å². The van der Waals surface area contributed by atoms with Crippen LogP contribution in [0.5, 0.6) is 11.5 Å². The minimum Gasteiger partial charge on any atom is -0.497 e. The lowest BCUT2D eigenvalue weighted by atomic mass is 10.1. The zero-order valence-electron chi connectivity index (χ0n) is 17.5. The zero-order valence-corrected chi connectivity index (χ0v) is 18.3. The fourth-order valence-corrected chi connectivity index (χ4v) is 4.45. The summed E-state index contributed by atoms with van der Waals surface area (Å²) in [6, 6.07) is 12.5. The lowest BCUT2D eigenvalue weighted by molar-refractivity contribution is -0.117. The van der Waals surface area contributed by atoms with E-state index in [0.717, 1.165) is 35.8 Å². The van der Waals surface area contributed by atoms with Crippen LogP contribution in [0.2, 0.25) is 0 Å². The highest BCUT2D eigenvalue weighted by atomic mass is 32.2. The van der Waals surface area contributed by atoms with E-state index in [2.05, 4.69) is 15.3 Å². The van der Waals surface area contributed by atoms with Crippen molar-refractivity contribution in [1.82, 2.24) is 9.78 Å². The molecule has 1 saturated heterocycles. The number of rotatable bonds is 6. The lowest BCUT2D eigenvalue weighted by Crippen LogP contribution is -2.37. The molecule has 4 rings (SSSR count). The molecule has 1 aromatic heterocycles. The van der Waals surface area contributed by atoms with Crippen molar-refractivity contribution in [2.75, 3.05) is 49.0 Å². The lowest BCUT2D eigenvalue weighted by Gasteiger charge is -2.28. The number of methoxy groups -OCH3 is 2. The van der Waals surface area contributed by atoms with Crippen molar-refractivity contribution in [2.45, 2.75) is 6.54 Å². The van der Waals surface area contributed by atoms with Gasteiger partial charge in [-0.3, -0.25) is 9.59 Å². The van der Waals surface area contributed by atoms with E-state index in [4.69, 9.17) is 9.47 Å². The quantitative estimate of drug-likeness (QED) is 0.631. The molecule has 2 aromatic carbocycles. The van der Waals surface area contributed by atoms with Crippen molar-refractivity contribution < 1.29 is 14.3 Å². The summed E-state index contributed by atoms with van der Waals surface area (Å²) in [5.74, 6) is 3.51. The van der Waals surface area contributed by atoms with Gasteiger partial charge in [0, 0.05) is 53.9 Å². The van der Waals surface area contributed by atoms with Gasteiger partial charge >= 0.3 is 0 Å². The molecule has 0 radical (unpaired) electrons. The van der Waals surface area contributed by atoms with Crippen LogP contribution in [0.3, 0.4) is 0 Å². The Bertz CT molecular complexity index is 1140. The maximum absolute atomic E-state index is 13.0. The molecule has 9 heteroatoms. The van der Waals surface area contributed by atoms with Crippen molar-refractivity contribution in [2.24, 2.45) is 0 Å². The van der Waals surface area contributed by atoms with E-state index in [1.807, 2.05) is 30.0 Å². The van der Waals surface area contributed by atoms with Crippen LogP contribution >= 0.6 is 11.8 Å². The molecule has 0 unspecified atom stereocenters. The van der Waals surface area contributed by atoms with Gasteiger partial charge in [-0.1, -0.05) is 18.2 Å². The minimum atomic E-state index is -0.361. The van der Waals surface area contributed by atoms with Gasteiger partial charge in [0.2, 0.25) is 5.91 Å². The van der Waals surface area contributed by atoms with E-state index in [0.29, 0.717) is 22.6 Å². The van der Waals surface area contributed by atoms with E-state index in [1.165, 1.54) is 4.68 Å². The molecule has 1 N–H and O–H groups in total. The highest BCUT2D eigenvalue weighted by Gasteiger charge is 2.19. The molecule has 0 bridgehead atoms. The van der Waals surface area contributed by atoms with E-state index >= 15 is 0 Å². The van der Waals surface area contributed by atoms with Crippen molar-refractivity contribution in [3.05, 3.63) is 52.8 Å². The van der Waals surface area contributed by atoms with Gasteiger partial charge in [-0.15, -0.1) is 0 Å². The van der Waals surface area contributed by atoms with Crippen molar-refractivity contribution in [3.8, 4) is 11.5 Å². The Kier molecular flexibility index (Phi) is 6.31. The van der Waals surface area contributed by atoms with E-state index in [9.17, 15) is 9.59 Å². The van der Waals surface area contributed by atoms with Gasteiger partial charge in [0.05, 0.1) is 19.6 Å². The summed E-state index contributed by atoms with van der Waals surface area (Å²) in [6.45, 7) is 1.52. The van der Waals surface area contributed by atoms with Crippen molar-refractivity contribution in [3.63, 3.8) is 0 Å². The van der Waals surface area contributed by atoms with Crippen LogP contribution in [0.25, 0.3) is 10.8 Å². The monoisotopic (exact) mass is 440 g/mol. The van der Waals surface area contributed by atoms with Crippen LogP contribution in [0, 0.1) is 0 Å². The predicted molar refractivity (Wildman–Crippen MR) is 124 cm³/mol. The van der Waals surface area contributed by atoms with Gasteiger partial charge < -0.3 is 19.7 Å². The first-order valence-electron chi connectivity index (χ1n) is 9.94. The van der Waals surface area contributed by atoms with Crippen LogP contribution in [-0.4, -0.2) is 54.5 Å². The normalized spacial score (nSPS) is 13.8. The number of carbonyl (C=O) groups is 1. The number of carbonyl (C=O) groups excluding carboxylic acids is 1. The molecule has 0 atom stereocenters. The van der Waals surface area contributed by atoms with E-state index in [-0.39, 0.29) is 18.0 Å². The number of nitrogens with one attached hydrogen (secondary N) is 1. The molecule has 31 heavy (non-hydrogen) atoms. The molecular weight excluding hydrogens is 416 g/mol. The molecular formula is C22H24N4O4S. The topological polar surface area (TPSA) is 85.7 Å². The third-order valence-electron chi connectivity index (χ3n) is 5.09. The number of aromatic nitrogens is 2.